The molecule has 142 valence electrons. The van der Waals surface area contributed by atoms with Crippen LogP contribution < -0.4 is 10.6 Å². The van der Waals surface area contributed by atoms with Crippen LogP contribution in [-0.4, -0.2) is 28.8 Å². The number of guanidine groups is 1. The minimum atomic E-state index is 0.574. The molecule has 27 heavy (non-hydrogen) atoms. The molecule has 0 radical (unpaired) electrons. The van der Waals surface area contributed by atoms with Crippen LogP contribution in [0.1, 0.15) is 29.6 Å². The Morgan fingerprint density at radius 1 is 1.15 bits per heavy atom. The molecule has 2 N–H and O–H groups in total. The second kappa shape index (κ2) is 9.07. The van der Waals surface area contributed by atoms with Crippen molar-refractivity contribution in [2.45, 2.75) is 33.7 Å². The maximum Gasteiger partial charge on any atom is 0.191 e. The second-order valence-corrected chi connectivity index (χ2v) is 6.42. The van der Waals surface area contributed by atoms with Gasteiger partial charge in [-0.2, -0.15) is 5.10 Å². The van der Waals surface area contributed by atoms with Gasteiger partial charge in [0, 0.05) is 25.2 Å². The van der Waals surface area contributed by atoms with Crippen LogP contribution in [0, 0.1) is 13.8 Å². The number of benzene rings is 1. The van der Waals surface area contributed by atoms with E-state index in [4.69, 9.17) is 9.41 Å². The molecule has 0 bridgehead atoms. The molecule has 0 atom stereocenters. The van der Waals surface area contributed by atoms with Crippen LogP contribution in [0.5, 0.6) is 0 Å². The van der Waals surface area contributed by atoms with Gasteiger partial charge in [-0.05, 0) is 50.6 Å². The molecule has 0 aliphatic rings. The fourth-order valence-electron chi connectivity index (χ4n) is 2.99. The minimum Gasteiger partial charge on any atom is -0.469 e. The fraction of sp³-hybridized carbons (Fsp3) is 0.333. The molecule has 2 heterocycles. The molecule has 0 spiro atoms. The number of nitrogens with zero attached hydrogens (tertiary/aromatic N) is 3. The Hall–Kier alpha value is -3.02. The van der Waals surface area contributed by atoms with Crippen LogP contribution in [0.4, 0.5) is 0 Å². The summed E-state index contributed by atoms with van der Waals surface area (Å²) in [5.74, 6) is 1.76. The highest BCUT2D eigenvalue weighted by molar-refractivity contribution is 5.79. The van der Waals surface area contributed by atoms with Crippen LogP contribution in [0.15, 0.2) is 58.1 Å². The van der Waals surface area contributed by atoms with E-state index in [0.29, 0.717) is 6.54 Å². The van der Waals surface area contributed by atoms with Crippen molar-refractivity contribution in [1.29, 1.82) is 0 Å². The fourth-order valence-corrected chi connectivity index (χ4v) is 2.99. The number of para-hydroxylation sites is 1. The van der Waals surface area contributed by atoms with E-state index in [0.717, 1.165) is 53.9 Å². The Labute approximate surface area is 160 Å². The van der Waals surface area contributed by atoms with Gasteiger partial charge in [0.15, 0.2) is 5.96 Å². The Kier molecular flexibility index (Phi) is 6.30. The van der Waals surface area contributed by atoms with Crippen molar-refractivity contribution in [3.8, 4) is 5.69 Å². The number of furan rings is 1. The molecule has 0 aliphatic carbocycles. The van der Waals surface area contributed by atoms with Crippen molar-refractivity contribution in [3.63, 3.8) is 0 Å². The average Bonchev–Trinajstić information content (AvgIpc) is 3.29. The van der Waals surface area contributed by atoms with Crippen molar-refractivity contribution < 1.29 is 4.42 Å². The number of nitrogens with one attached hydrogen (secondary N) is 2. The topological polar surface area (TPSA) is 67.4 Å². The van der Waals surface area contributed by atoms with Crippen molar-refractivity contribution in [1.82, 2.24) is 20.4 Å². The van der Waals surface area contributed by atoms with Gasteiger partial charge in [-0.1, -0.05) is 18.2 Å². The van der Waals surface area contributed by atoms with E-state index in [2.05, 4.69) is 47.8 Å². The Morgan fingerprint density at radius 3 is 2.70 bits per heavy atom. The SMILES string of the molecule is CCNC(=NCc1ccccc1-n1nc(C)cc1C)NCCc1ccco1. The maximum atomic E-state index is 5.37. The molecule has 1 aromatic carbocycles. The zero-order chi connectivity index (χ0) is 19.1. The highest BCUT2D eigenvalue weighted by atomic mass is 16.3. The molecule has 6 nitrogen and oxygen atoms in total. The minimum absolute atomic E-state index is 0.574. The van der Waals surface area contributed by atoms with Crippen molar-refractivity contribution in [2.75, 3.05) is 13.1 Å². The normalized spacial score (nSPS) is 11.6. The Bertz CT molecular complexity index is 880. The first-order valence-electron chi connectivity index (χ1n) is 9.33. The quantitative estimate of drug-likeness (QED) is 0.498. The summed E-state index contributed by atoms with van der Waals surface area (Å²) in [7, 11) is 0. The standard InChI is InChI=1S/C21H27N5O/c1-4-22-21(23-12-11-19-9-7-13-27-19)24-15-18-8-5-6-10-20(18)26-17(3)14-16(2)25-26/h5-10,13-14H,4,11-12,15H2,1-3H3,(H2,22,23,24). The van der Waals surface area contributed by atoms with Gasteiger partial charge in [-0.3, -0.25) is 0 Å². The highest BCUT2D eigenvalue weighted by Crippen LogP contribution is 2.17. The second-order valence-electron chi connectivity index (χ2n) is 6.42. The van der Waals surface area contributed by atoms with Gasteiger partial charge in [0.05, 0.1) is 24.2 Å². The molecular weight excluding hydrogens is 338 g/mol. The number of aliphatic imine (C=N–C) groups is 1. The summed E-state index contributed by atoms with van der Waals surface area (Å²) in [5, 5.41) is 11.3. The van der Waals surface area contributed by atoms with Gasteiger partial charge < -0.3 is 15.1 Å². The molecule has 0 unspecified atom stereocenters. The first-order valence-corrected chi connectivity index (χ1v) is 9.33. The molecule has 0 fully saturated rings. The summed E-state index contributed by atoms with van der Waals surface area (Å²) in [6.45, 7) is 8.29. The predicted molar refractivity (Wildman–Crippen MR) is 108 cm³/mol. The molecule has 0 saturated heterocycles. The number of aryl methyl sites for hydroxylation is 2. The third-order valence-corrected chi connectivity index (χ3v) is 4.23. The molecule has 0 amide bonds. The highest BCUT2D eigenvalue weighted by Gasteiger charge is 2.08. The van der Waals surface area contributed by atoms with Crippen LogP contribution in [0.3, 0.4) is 0 Å². The van der Waals surface area contributed by atoms with Gasteiger partial charge in [0.2, 0.25) is 0 Å². The molecule has 2 aromatic heterocycles. The Morgan fingerprint density at radius 2 is 2.00 bits per heavy atom. The third-order valence-electron chi connectivity index (χ3n) is 4.23. The van der Waals surface area contributed by atoms with E-state index in [-0.39, 0.29) is 0 Å². The summed E-state index contributed by atoms with van der Waals surface area (Å²) in [6, 6.07) is 14.2. The summed E-state index contributed by atoms with van der Waals surface area (Å²) >= 11 is 0. The summed E-state index contributed by atoms with van der Waals surface area (Å²) in [5.41, 5.74) is 4.33. The van der Waals surface area contributed by atoms with E-state index in [1.165, 1.54) is 0 Å². The van der Waals surface area contributed by atoms with Crippen molar-refractivity contribution in [3.05, 3.63) is 71.4 Å². The summed E-state index contributed by atoms with van der Waals surface area (Å²) in [4.78, 5) is 4.75. The first kappa shape index (κ1) is 18.8. The maximum absolute atomic E-state index is 5.37. The van der Waals surface area contributed by atoms with Crippen LogP contribution in [0.25, 0.3) is 5.69 Å². The van der Waals surface area contributed by atoms with Crippen LogP contribution in [0.2, 0.25) is 0 Å². The molecule has 3 rings (SSSR count). The predicted octanol–water partition coefficient (Wildman–Crippen LogP) is 3.38. The number of aromatic nitrogens is 2. The largest absolute Gasteiger partial charge is 0.469 e. The van der Waals surface area contributed by atoms with Crippen molar-refractivity contribution >= 4 is 5.96 Å². The smallest absolute Gasteiger partial charge is 0.191 e. The summed E-state index contributed by atoms with van der Waals surface area (Å²) in [6.07, 6.45) is 2.52. The molecule has 0 saturated carbocycles. The Balaban J connectivity index is 1.71. The van der Waals surface area contributed by atoms with Gasteiger partial charge in [0.25, 0.3) is 0 Å². The number of hydrogen-bond donors (Lipinski definition) is 2. The van der Waals surface area contributed by atoms with E-state index in [1.54, 1.807) is 6.26 Å². The molecule has 6 heteroatoms. The monoisotopic (exact) mass is 365 g/mol. The lowest BCUT2D eigenvalue weighted by atomic mass is 10.2. The number of rotatable bonds is 7. The third kappa shape index (κ3) is 5.00. The van der Waals surface area contributed by atoms with Crippen molar-refractivity contribution in [2.24, 2.45) is 4.99 Å². The van der Waals surface area contributed by atoms with E-state index in [9.17, 15) is 0 Å². The van der Waals surface area contributed by atoms with E-state index < -0.39 is 0 Å². The van der Waals surface area contributed by atoms with Crippen LogP contribution >= 0.6 is 0 Å². The average molecular weight is 365 g/mol. The zero-order valence-electron chi connectivity index (χ0n) is 16.2. The lowest BCUT2D eigenvalue weighted by Gasteiger charge is -2.13. The number of hydrogen-bond acceptors (Lipinski definition) is 3. The lowest BCUT2D eigenvalue weighted by Crippen LogP contribution is -2.38. The summed E-state index contributed by atoms with van der Waals surface area (Å²) < 4.78 is 7.36. The van der Waals surface area contributed by atoms with E-state index >= 15 is 0 Å². The lowest BCUT2D eigenvalue weighted by molar-refractivity contribution is 0.507. The zero-order valence-corrected chi connectivity index (χ0v) is 16.2. The van der Waals surface area contributed by atoms with Gasteiger partial charge in [0.1, 0.15) is 5.76 Å². The molecule has 3 aromatic rings. The molecule has 0 aliphatic heterocycles. The van der Waals surface area contributed by atoms with Gasteiger partial charge in [-0.25, -0.2) is 9.67 Å². The van der Waals surface area contributed by atoms with Gasteiger partial charge >= 0.3 is 0 Å². The van der Waals surface area contributed by atoms with Gasteiger partial charge in [-0.15, -0.1) is 0 Å². The van der Waals surface area contributed by atoms with Crippen LogP contribution in [-0.2, 0) is 13.0 Å². The molecular formula is C21H27N5O. The first-order chi connectivity index (χ1) is 13.2. The van der Waals surface area contributed by atoms with E-state index in [1.807, 2.05) is 35.9 Å².